The van der Waals surface area contributed by atoms with Crippen LogP contribution in [0.25, 0.3) is 6.08 Å². The molecular weight excluding hydrogens is 584 g/mol. The van der Waals surface area contributed by atoms with Crippen molar-refractivity contribution < 1.29 is 14.3 Å². The van der Waals surface area contributed by atoms with Crippen molar-refractivity contribution in [2.45, 2.75) is 25.8 Å². The van der Waals surface area contributed by atoms with E-state index in [2.05, 4.69) is 5.32 Å². The van der Waals surface area contributed by atoms with Gasteiger partial charge in [0, 0.05) is 23.8 Å². The second-order valence-corrected chi connectivity index (χ2v) is 11.8. The summed E-state index contributed by atoms with van der Waals surface area (Å²) in [6, 6.07) is 22.9. The molecule has 10 heteroatoms. The molecule has 2 aliphatic rings. The lowest BCUT2D eigenvalue weighted by molar-refractivity contribution is -0.132. The number of anilines is 1. The van der Waals surface area contributed by atoms with Crippen molar-refractivity contribution in [2.75, 3.05) is 25.0 Å². The zero-order valence-electron chi connectivity index (χ0n) is 23.5. The van der Waals surface area contributed by atoms with Gasteiger partial charge in [0.15, 0.2) is 11.4 Å². The van der Waals surface area contributed by atoms with E-state index in [9.17, 15) is 14.4 Å². The Morgan fingerprint density at radius 3 is 2.42 bits per heavy atom. The number of hydrogen-bond donors (Lipinski definition) is 1. The number of halogens is 1. The summed E-state index contributed by atoms with van der Waals surface area (Å²) < 4.78 is 7.76. The van der Waals surface area contributed by atoms with Crippen LogP contribution in [0.3, 0.4) is 0 Å². The maximum atomic E-state index is 13.9. The third kappa shape index (κ3) is 6.18. The van der Waals surface area contributed by atoms with Crippen molar-refractivity contribution in [3.8, 4) is 5.75 Å². The molecule has 6 rings (SSSR count). The van der Waals surface area contributed by atoms with Crippen LogP contribution < -0.4 is 24.9 Å². The molecule has 1 fully saturated rings. The minimum absolute atomic E-state index is 0.00216. The van der Waals surface area contributed by atoms with Gasteiger partial charge in [0.25, 0.3) is 17.4 Å². The van der Waals surface area contributed by atoms with Gasteiger partial charge in [-0.3, -0.25) is 19.0 Å². The van der Waals surface area contributed by atoms with Crippen molar-refractivity contribution in [1.29, 1.82) is 0 Å². The monoisotopic (exact) mass is 612 g/mol. The summed E-state index contributed by atoms with van der Waals surface area (Å²) in [6.45, 7) is 3.36. The highest BCUT2D eigenvalue weighted by molar-refractivity contribution is 7.07. The van der Waals surface area contributed by atoms with E-state index in [0.717, 1.165) is 37.1 Å². The third-order valence-electron chi connectivity index (χ3n) is 7.48. The number of rotatable bonds is 7. The Balaban J connectivity index is 1.31. The molecule has 0 aliphatic carbocycles. The molecule has 3 heterocycles. The van der Waals surface area contributed by atoms with E-state index in [-0.39, 0.29) is 24.0 Å². The van der Waals surface area contributed by atoms with Crippen molar-refractivity contribution >= 4 is 46.5 Å². The van der Waals surface area contributed by atoms with Crippen LogP contribution in [0.5, 0.6) is 5.75 Å². The first-order chi connectivity index (χ1) is 20.9. The Bertz CT molecular complexity index is 1870. The summed E-state index contributed by atoms with van der Waals surface area (Å²) in [5.74, 6) is 0.240. The molecule has 0 bridgehead atoms. The first-order valence-electron chi connectivity index (χ1n) is 14.0. The van der Waals surface area contributed by atoms with Crippen molar-refractivity contribution in [3.05, 3.63) is 126 Å². The molecule has 43 heavy (non-hydrogen) atoms. The van der Waals surface area contributed by atoms with Gasteiger partial charge in [0.2, 0.25) is 0 Å². The highest BCUT2D eigenvalue weighted by atomic mass is 35.5. The number of likely N-dealkylation sites (tertiary alicyclic amines) is 1. The Morgan fingerprint density at radius 1 is 1.02 bits per heavy atom. The van der Waals surface area contributed by atoms with Crippen LogP contribution in [0.1, 0.15) is 36.9 Å². The van der Waals surface area contributed by atoms with Crippen LogP contribution in [-0.4, -0.2) is 41.0 Å². The van der Waals surface area contributed by atoms with Crippen LogP contribution in [0.2, 0.25) is 5.02 Å². The number of aromatic nitrogens is 1. The lowest BCUT2D eigenvalue weighted by atomic mass is 9.95. The molecule has 8 nitrogen and oxygen atoms in total. The molecule has 0 saturated carbocycles. The molecule has 1 atom stereocenters. The third-order valence-corrected chi connectivity index (χ3v) is 8.72. The normalized spacial score (nSPS) is 16.6. The van der Waals surface area contributed by atoms with Gasteiger partial charge in [-0.25, -0.2) is 4.99 Å². The molecule has 2 aliphatic heterocycles. The van der Waals surface area contributed by atoms with Crippen LogP contribution >= 0.6 is 22.9 Å². The van der Waals surface area contributed by atoms with E-state index in [1.807, 2.05) is 59.5 Å². The second kappa shape index (κ2) is 12.4. The average molecular weight is 613 g/mol. The maximum Gasteiger partial charge on any atom is 0.271 e. The number of thiazole rings is 1. The van der Waals surface area contributed by atoms with Gasteiger partial charge in [-0.1, -0.05) is 65.4 Å². The van der Waals surface area contributed by atoms with Crippen molar-refractivity contribution in [1.82, 2.24) is 9.47 Å². The molecule has 0 spiro atoms. The van der Waals surface area contributed by atoms with Crippen LogP contribution in [0, 0.1) is 0 Å². The smallest absolute Gasteiger partial charge is 0.271 e. The van der Waals surface area contributed by atoms with Gasteiger partial charge in [-0.15, -0.1) is 0 Å². The number of benzene rings is 3. The van der Waals surface area contributed by atoms with E-state index in [0.29, 0.717) is 37.1 Å². The summed E-state index contributed by atoms with van der Waals surface area (Å²) in [5.41, 5.74) is 2.85. The molecule has 2 amide bonds. The van der Waals surface area contributed by atoms with E-state index in [4.69, 9.17) is 21.3 Å². The number of nitrogens with zero attached hydrogens (tertiary/aromatic N) is 3. The number of amides is 2. The van der Waals surface area contributed by atoms with Crippen LogP contribution in [0.4, 0.5) is 5.69 Å². The number of para-hydroxylation sites is 1. The van der Waals surface area contributed by atoms with Gasteiger partial charge in [-0.05, 0) is 73.4 Å². The molecule has 1 saturated heterocycles. The van der Waals surface area contributed by atoms with E-state index in [1.165, 1.54) is 11.3 Å². The topological polar surface area (TPSA) is 93.0 Å². The van der Waals surface area contributed by atoms with Gasteiger partial charge in [-0.2, -0.15) is 0 Å². The standard InChI is InChI=1S/C33H29ClN4O4S/c1-21-29(31(40)36-25-7-3-2-4-8-25)30(23-11-13-24(34)14-12-23)38-32(41)27(43-33(38)35-21)19-22-9-15-26(16-10-22)42-20-28(39)37-17-5-6-18-37/h2-4,7-16,19,30H,5-6,17-18,20H2,1H3,(H,36,40)/b27-19+/t30-/m0/s1. The van der Waals surface area contributed by atoms with Crippen LogP contribution in [-0.2, 0) is 9.59 Å². The molecular formula is C33H29ClN4O4S. The molecule has 1 aromatic heterocycles. The highest BCUT2D eigenvalue weighted by Crippen LogP contribution is 2.31. The maximum absolute atomic E-state index is 13.9. The summed E-state index contributed by atoms with van der Waals surface area (Å²) in [5, 5.41) is 3.51. The minimum Gasteiger partial charge on any atom is -0.484 e. The summed E-state index contributed by atoms with van der Waals surface area (Å²) in [4.78, 5) is 46.9. The summed E-state index contributed by atoms with van der Waals surface area (Å²) >= 11 is 7.45. The zero-order valence-corrected chi connectivity index (χ0v) is 25.0. The van der Waals surface area contributed by atoms with Gasteiger partial charge >= 0.3 is 0 Å². The molecule has 1 N–H and O–H groups in total. The molecule has 4 aromatic rings. The number of fused-ring (bicyclic) bond motifs is 1. The fourth-order valence-electron chi connectivity index (χ4n) is 5.31. The predicted molar refractivity (Wildman–Crippen MR) is 168 cm³/mol. The first-order valence-corrected chi connectivity index (χ1v) is 15.2. The van der Waals surface area contributed by atoms with E-state index < -0.39 is 6.04 Å². The summed E-state index contributed by atoms with van der Waals surface area (Å²) in [7, 11) is 0. The first kappa shape index (κ1) is 28.6. The molecule has 218 valence electrons. The molecule has 3 aromatic carbocycles. The molecule has 0 unspecified atom stereocenters. The number of ether oxygens (including phenoxy) is 1. The predicted octanol–water partition coefficient (Wildman–Crippen LogP) is 4.53. The Labute approximate surface area is 257 Å². The Kier molecular flexibility index (Phi) is 8.26. The van der Waals surface area contributed by atoms with Crippen molar-refractivity contribution in [2.24, 2.45) is 4.99 Å². The fourth-order valence-corrected chi connectivity index (χ4v) is 6.48. The van der Waals surface area contributed by atoms with E-state index in [1.54, 1.807) is 41.8 Å². The minimum atomic E-state index is -0.691. The quantitative estimate of drug-likeness (QED) is 0.332. The summed E-state index contributed by atoms with van der Waals surface area (Å²) in [6.07, 6.45) is 3.87. The largest absolute Gasteiger partial charge is 0.484 e. The number of allylic oxidation sites excluding steroid dienone is 1. The number of carbonyl (C=O) groups is 2. The van der Waals surface area contributed by atoms with Crippen molar-refractivity contribution in [3.63, 3.8) is 0 Å². The zero-order chi connectivity index (χ0) is 29.9. The lowest BCUT2D eigenvalue weighted by Crippen LogP contribution is -2.40. The SMILES string of the molecule is CC1=C(C(=O)Nc2ccccc2)[C@H](c2ccc(Cl)cc2)n2c(s/c(=C/c3ccc(OCC(=O)N4CCCC4)cc3)c2=O)=N1. The number of hydrogen-bond acceptors (Lipinski definition) is 6. The lowest BCUT2D eigenvalue weighted by Gasteiger charge is -2.25. The Hall–Kier alpha value is -4.47. The van der Waals surface area contributed by atoms with E-state index >= 15 is 0 Å². The van der Waals surface area contributed by atoms with Gasteiger partial charge < -0.3 is 15.0 Å². The number of nitrogens with one attached hydrogen (secondary N) is 1. The number of carbonyl (C=O) groups excluding carboxylic acids is 2. The highest BCUT2D eigenvalue weighted by Gasteiger charge is 2.32. The molecule has 0 radical (unpaired) electrons. The Morgan fingerprint density at radius 2 is 1.72 bits per heavy atom. The average Bonchev–Trinajstić information content (AvgIpc) is 3.65. The van der Waals surface area contributed by atoms with Gasteiger partial charge in [0.1, 0.15) is 5.75 Å². The van der Waals surface area contributed by atoms with Gasteiger partial charge in [0.05, 0.1) is 21.8 Å². The second-order valence-electron chi connectivity index (χ2n) is 10.4. The fraction of sp³-hybridized carbons (Fsp3) is 0.212. The van der Waals surface area contributed by atoms with Crippen LogP contribution in [0.15, 0.2) is 99.9 Å².